The minimum atomic E-state index is -4.61. The van der Waals surface area contributed by atoms with Gasteiger partial charge in [0.05, 0.1) is 17.4 Å². The SMILES string of the molecule is CN(C)c1ncc2nc(N)n(-c3cc(C(F)(F)F)ccc3F)c2n1. The van der Waals surface area contributed by atoms with Gasteiger partial charge in [0.2, 0.25) is 11.9 Å². The van der Waals surface area contributed by atoms with Gasteiger partial charge in [0.1, 0.15) is 11.3 Å². The number of aromatic nitrogens is 4. The molecular weight excluding hydrogens is 328 g/mol. The lowest BCUT2D eigenvalue weighted by molar-refractivity contribution is -0.137. The van der Waals surface area contributed by atoms with Gasteiger partial charge < -0.3 is 10.6 Å². The summed E-state index contributed by atoms with van der Waals surface area (Å²) in [5.74, 6) is -0.775. The molecule has 0 saturated carbocycles. The first-order valence-electron chi connectivity index (χ1n) is 6.74. The Morgan fingerprint density at radius 2 is 1.88 bits per heavy atom. The van der Waals surface area contributed by atoms with Gasteiger partial charge in [0.25, 0.3) is 0 Å². The molecule has 0 unspecified atom stereocenters. The lowest BCUT2D eigenvalue weighted by Gasteiger charge is -2.13. The van der Waals surface area contributed by atoms with E-state index in [0.29, 0.717) is 12.1 Å². The van der Waals surface area contributed by atoms with Crippen molar-refractivity contribution in [1.82, 2.24) is 19.5 Å². The molecule has 0 atom stereocenters. The fourth-order valence-corrected chi connectivity index (χ4v) is 2.20. The number of nitrogens with zero attached hydrogens (tertiary/aromatic N) is 5. The molecule has 0 aliphatic carbocycles. The van der Waals surface area contributed by atoms with Gasteiger partial charge >= 0.3 is 6.18 Å². The van der Waals surface area contributed by atoms with E-state index in [1.54, 1.807) is 19.0 Å². The van der Waals surface area contributed by atoms with E-state index in [0.717, 1.165) is 10.6 Å². The third-order valence-corrected chi connectivity index (χ3v) is 3.33. The smallest absolute Gasteiger partial charge is 0.369 e. The predicted octanol–water partition coefficient (Wildman–Crippen LogP) is 2.62. The van der Waals surface area contributed by atoms with Crippen LogP contribution in [0.5, 0.6) is 0 Å². The Hall–Kier alpha value is -2.91. The summed E-state index contributed by atoms with van der Waals surface area (Å²) in [4.78, 5) is 13.8. The van der Waals surface area contributed by atoms with Crippen molar-refractivity contribution < 1.29 is 17.6 Å². The predicted molar refractivity (Wildman–Crippen MR) is 80.4 cm³/mol. The first-order chi connectivity index (χ1) is 11.2. The molecule has 0 fully saturated rings. The summed E-state index contributed by atoms with van der Waals surface area (Å²) in [5, 5.41) is 0. The number of nitrogen functional groups attached to an aromatic ring is 1. The summed E-state index contributed by atoms with van der Waals surface area (Å²) in [6, 6.07) is 2.07. The van der Waals surface area contributed by atoms with Crippen LogP contribution in [0.4, 0.5) is 29.5 Å². The maximum atomic E-state index is 14.2. The van der Waals surface area contributed by atoms with Gasteiger partial charge in [-0.25, -0.2) is 14.4 Å². The third kappa shape index (κ3) is 2.59. The maximum absolute atomic E-state index is 14.2. The highest BCUT2D eigenvalue weighted by Gasteiger charge is 2.32. The van der Waals surface area contributed by atoms with Crippen LogP contribution < -0.4 is 10.6 Å². The van der Waals surface area contributed by atoms with E-state index < -0.39 is 17.6 Å². The van der Waals surface area contributed by atoms with E-state index in [2.05, 4.69) is 15.0 Å². The normalized spacial score (nSPS) is 11.9. The second-order valence-electron chi connectivity index (χ2n) is 5.24. The van der Waals surface area contributed by atoms with E-state index in [1.807, 2.05) is 0 Å². The summed E-state index contributed by atoms with van der Waals surface area (Å²) in [6.07, 6.45) is -3.24. The topological polar surface area (TPSA) is 72.9 Å². The monoisotopic (exact) mass is 340 g/mol. The van der Waals surface area contributed by atoms with Crippen LogP contribution in [0.25, 0.3) is 16.9 Å². The standard InChI is InChI=1S/C14H12F4N6/c1-23(2)13-20-6-9-11(22-13)24(12(19)21-9)10-5-7(14(16,17)18)3-4-8(10)15/h3-6H,1-2H3,(H2,19,21). The average Bonchev–Trinajstić information content (AvgIpc) is 2.81. The molecule has 0 spiro atoms. The van der Waals surface area contributed by atoms with Crippen LogP contribution in [0.2, 0.25) is 0 Å². The van der Waals surface area contributed by atoms with Crippen molar-refractivity contribution in [3.8, 4) is 5.69 Å². The van der Waals surface area contributed by atoms with Crippen molar-refractivity contribution in [1.29, 1.82) is 0 Å². The first-order valence-corrected chi connectivity index (χ1v) is 6.74. The zero-order valence-corrected chi connectivity index (χ0v) is 12.6. The Kier molecular flexibility index (Phi) is 3.54. The third-order valence-electron chi connectivity index (χ3n) is 3.33. The highest BCUT2D eigenvalue weighted by Crippen LogP contribution is 2.33. The summed E-state index contributed by atoms with van der Waals surface area (Å²) >= 11 is 0. The van der Waals surface area contributed by atoms with E-state index in [1.165, 1.54) is 6.20 Å². The van der Waals surface area contributed by atoms with E-state index >= 15 is 0 Å². The number of nitrogens with two attached hydrogens (primary N) is 1. The molecule has 2 N–H and O–H groups in total. The van der Waals surface area contributed by atoms with Crippen molar-refractivity contribution in [3.63, 3.8) is 0 Å². The molecule has 0 aliphatic rings. The largest absolute Gasteiger partial charge is 0.416 e. The molecule has 0 radical (unpaired) electrons. The fourth-order valence-electron chi connectivity index (χ4n) is 2.20. The number of fused-ring (bicyclic) bond motifs is 1. The van der Waals surface area contributed by atoms with Crippen LogP contribution in [-0.2, 0) is 6.18 Å². The molecule has 126 valence electrons. The Balaban J connectivity index is 2.29. The molecule has 2 aromatic heterocycles. The number of halogens is 4. The van der Waals surface area contributed by atoms with E-state index in [-0.39, 0.29) is 28.7 Å². The second kappa shape index (κ2) is 5.32. The number of imidazole rings is 1. The van der Waals surface area contributed by atoms with Gasteiger partial charge in [-0.2, -0.15) is 18.2 Å². The molecule has 6 nitrogen and oxygen atoms in total. The molecule has 0 amide bonds. The van der Waals surface area contributed by atoms with Crippen LogP contribution >= 0.6 is 0 Å². The molecular formula is C14H12F4N6. The Morgan fingerprint density at radius 3 is 2.50 bits per heavy atom. The number of anilines is 2. The lowest BCUT2D eigenvalue weighted by atomic mass is 10.2. The van der Waals surface area contributed by atoms with Crippen molar-refractivity contribution >= 4 is 23.1 Å². The molecule has 24 heavy (non-hydrogen) atoms. The Labute approximate surface area is 133 Å². The zero-order valence-electron chi connectivity index (χ0n) is 12.6. The second-order valence-corrected chi connectivity index (χ2v) is 5.24. The molecule has 10 heteroatoms. The van der Waals surface area contributed by atoms with Crippen molar-refractivity contribution in [2.24, 2.45) is 0 Å². The zero-order chi connectivity index (χ0) is 17.6. The highest BCUT2D eigenvalue weighted by molar-refractivity contribution is 5.77. The molecule has 0 saturated heterocycles. The van der Waals surface area contributed by atoms with Gasteiger partial charge in [0, 0.05) is 14.1 Å². The Bertz CT molecular complexity index is 916. The molecule has 2 heterocycles. The number of hydrogen-bond acceptors (Lipinski definition) is 5. The summed E-state index contributed by atoms with van der Waals surface area (Å²) < 4.78 is 53.9. The van der Waals surface area contributed by atoms with Crippen molar-refractivity contribution in [3.05, 3.63) is 35.8 Å². The summed E-state index contributed by atoms with van der Waals surface area (Å²) in [6.45, 7) is 0. The number of hydrogen-bond donors (Lipinski definition) is 1. The highest BCUT2D eigenvalue weighted by atomic mass is 19.4. The fraction of sp³-hybridized carbons (Fsp3) is 0.214. The summed E-state index contributed by atoms with van der Waals surface area (Å²) in [7, 11) is 3.38. The van der Waals surface area contributed by atoms with E-state index in [4.69, 9.17) is 5.73 Å². The molecule has 0 aliphatic heterocycles. The van der Waals surface area contributed by atoms with Crippen molar-refractivity contribution in [2.75, 3.05) is 24.7 Å². The van der Waals surface area contributed by atoms with Crippen LogP contribution in [0, 0.1) is 5.82 Å². The summed E-state index contributed by atoms with van der Waals surface area (Å²) in [5.41, 5.74) is 4.74. The van der Waals surface area contributed by atoms with Crippen LogP contribution in [0.15, 0.2) is 24.4 Å². The molecule has 0 bridgehead atoms. The van der Waals surface area contributed by atoms with Gasteiger partial charge in [0.15, 0.2) is 5.65 Å². The van der Waals surface area contributed by atoms with Crippen LogP contribution in [0.1, 0.15) is 5.56 Å². The number of alkyl halides is 3. The molecule has 3 aromatic rings. The molecule has 1 aromatic carbocycles. The van der Waals surface area contributed by atoms with Crippen LogP contribution in [0.3, 0.4) is 0 Å². The minimum absolute atomic E-state index is 0.115. The molecule has 3 rings (SSSR count). The average molecular weight is 340 g/mol. The lowest BCUT2D eigenvalue weighted by Crippen LogP contribution is -2.13. The van der Waals surface area contributed by atoms with Gasteiger partial charge in [-0.3, -0.25) is 4.57 Å². The Morgan fingerprint density at radius 1 is 1.17 bits per heavy atom. The first kappa shape index (κ1) is 16.0. The van der Waals surface area contributed by atoms with Gasteiger partial charge in [-0.1, -0.05) is 0 Å². The quantitative estimate of drug-likeness (QED) is 0.726. The van der Waals surface area contributed by atoms with Crippen molar-refractivity contribution in [2.45, 2.75) is 6.18 Å². The van der Waals surface area contributed by atoms with Crippen LogP contribution in [-0.4, -0.2) is 33.6 Å². The number of benzene rings is 1. The number of rotatable bonds is 2. The minimum Gasteiger partial charge on any atom is -0.369 e. The van der Waals surface area contributed by atoms with E-state index in [9.17, 15) is 17.6 Å². The van der Waals surface area contributed by atoms with Gasteiger partial charge in [-0.15, -0.1) is 0 Å². The maximum Gasteiger partial charge on any atom is 0.416 e. The van der Waals surface area contributed by atoms with Gasteiger partial charge in [-0.05, 0) is 18.2 Å².